The lowest BCUT2D eigenvalue weighted by Crippen LogP contribution is -2.14. The number of hydrogen-bond donors (Lipinski definition) is 1. The van der Waals surface area contributed by atoms with E-state index in [-0.39, 0.29) is 5.91 Å². The van der Waals surface area contributed by atoms with Gasteiger partial charge in [-0.2, -0.15) is 0 Å². The second-order valence-corrected chi connectivity index (χ2v) is 1.91. The van der Waals surface area contributed by atoms with Crippen LogP contribution in [-0.4, -0.2) is 23.1 Å². The molecule has 38 valence electrons. The molecule has 1 aliphatic heterocycles. The summed E-state index contributed by atoms with van der Waals surface area (Å²) >= 11 is 4.63. The molecule has 0 aromatic heterocycles. The zero-order valence-corrected chi connectivity index (χ0v) is 4.49. The molecule has 1 heterocycles. The van der Waals surface area contributed by atoms with Gasteiger partial charge in [0, 0.05) is 0 Å². The van der Waals surface area contributed by atoms with E-state index in [1.807, 2.05) is 0 Å². The van der Waals surface area contributed by atoms with Crippen LogP contribution in [0.1, 0.15) is 0 Å². The molecule has 1 rings (SSSR count). The summed E-state index contributed by atoms with van der Waals surface area (Å²) in [6.45, 7) is 0.892. The van der Waals surface area contributed by atoms with Gasteiger partial charge >= 0.3 is 0 Å². The summed E-state index contributed by atoms with van der Waals surface area (Å²) in [5.74, 6) is 0.0231. The standard InChI is InChI=1S/C3H4N2OS/c6-3-1-5(7)2-4-3/h1-2H2/p+1. The monoisotopic (exact) mass is 117 g/mol. The molecule has 0 bridgehead atoms. The van der Waals surface area contributed by atoms with Crippen LogP contribution >= 0.6 is 0 Å². The molecular weight excluding hydrogens is 112 g/mol. The molecule has 0 saturated carbocycles. The Morgan fingerprint density at radius 2 is 2.57 bits per heavy atom. The van der Waals surface area contributed by atoms with Gasteiger partial charge in [-0.05, 0) is 0 Å². The molecule has 1 fully saturated rings. The molecule has 3 nitrogen and oxygen atoms in total. The number of carbonyl (C=O) groups is 1. The van der Waals surface area contributed by atoms with Gasteiger partial charge in [0.05, 0.1) is 0 Å². The Balaban J connectivity index is 2.55. The minimum atomic E-state index is 0.0231. The zero-order valence-electron chi connectivity index (χ0n) is 3.68. The Morgan fingerprint density at radius 3 is 2.71 bits per heavy atom. The molecular formula is C3H5N2OS+. The average Bonchev–Trinajstić information content (AvgIpc) is 1.87. The predicted octanol–water partition coefficient (Wildman–Crippen LogP) is -1.18. The van der Waals surface area contributed by atoms with Crippen molar-refractivity contribution in [2.75, 3.05) is 13.2 Å². The van der Waals surface area contributed by atoms with Crippen molar-refractivity contribution < 1.29 is 8.74 Å². The fraction of sp³-hybridized carbons (Fsp3) is 0.667. The maximum Gasteiger partial charge on any atom is 0.291 e. The number of amides is 1. The first-order chi connectivity index (χ1) is 3.29. The maximum atomic E-state index is 10.2. The molecule has 1 saturated heterocycles. The van der Waals surface area contributed by atoms with E-state index < -0.39 is 0 Å². The summed E-state index contributed by atoms with van der Waals surface area (Å²) in [5.41, 5.74) is 0. The van der Waals surface area contributed by atoms with E-state index >= 15 is 0 Å². The highest BCUT2D eigenvalue weighted by molar-refractivity contribution is 7.44. The Kier molecular flexibility index (Phi) is 1.02. The van der Waals surface area contributed by atoms with E-state index in [2.05, 4.69) is 17.7 Å². The number of hydrogen-bond acceptors (Lipinski definition) is 2. The maximum absolute atomic E-state index is 10.2. The third-order valence-electron chi connectivity index (χ3n) is 0.773. The minimum Gasteiger partial charge on any atom is -0.294 e. The molecule has 0 aromatic rings. The van der Waals surface area contributed by atoms with E-state index in [1.165, 1.54) is 3.95 Å². The van der Waals surface area contributed by atoms with Crippen molar-refractivity contribution in [3.63, 3.8) is 0 Å². The topological polar surface area (TPSA) is 32.1 Å². The number of nitrogens with zero attached hydrogens (tertiary/aromatic N) is 1. The molecule has 1 N–H and O–H groups in total. The zero-order chi connectivity index (χ0) is 5.28. The molecule has 1 aliphatic rings. The van der Waals surface area contributed by atoms with Gasteiger partial charge in [-0.3, -0.25) is 10.1 Å². The Morgan fingerprint density at radius 1 is 1.86 bits per heavy atom. The summed E-state index contributed by atoms with van der Waals surface area (Å²) < 4.78 is 1.50. The second-order valence-electron chi connectivity index (χ2n) is 1.40. The highest BCUT2D eigenvalue weighted by Gasteiger charge is 2.19. The molecule has 1 amide bonds. The summed E-state index contributed by atoms with van der Waals surface area (Å²) in [7, 11) is 0. The van der Waals surface area contributed by atoms with E-state index in [1.54, 1.807) is 0 Å². The number of nitrogens with one attached hydrogen (secondary N) is 1. The van der Waals surface area contributed by atoms with Crippen molar-refractivity contribution in [2.45, 2.75) is 0 Å². The van der Waals surface area contributed by atoms with Crippen molar-refractivity contribution in [3.05, 3.63) is 0 Å². The SMILES string of the molecule is O=C1C[N+](=S)CN1. The lowest BCUT2D eigenvalue weighted by Gasteiger charge is -1.72. The molecule has 4 heteroatoms. The van der Waals surface area contributed by atoms with Crippen molar-refractivity contribution >= 4 is 18.3 Å². The van der Waals surface area contributed by atoms with Gasteiger partial charge in [0.15, 0.2) is 0 Å². The molecule has 0 aliphatic carbocycles. The van der Waals surface area contributed by atoms with Crippen molar-refractivity contribution in [2.24, 2.45) is 0 Å². The summed E-state index contributed by atoms with van der Waals surface area (Å²) in [4.78, 5) is 10.2. The summed E-state index contributed by atoms with van der Waals surface area (Å²) in [5, 5.41) is 2.55. The first kappa shape index (κ1) is 4.64. The number of carbonyl (C=O) groups excluding carboxylic acids is 1. The highest BCUT2D eigenvalue weighted by Crippen LogP contribution is 1.79. The summed E-state index contributed by atoms with van der Waals surface area (Å²) in [6, 6.07) is 0. The normalized spacial score (nSPS) is 20.0. The van der Waals surface area contributed by atoms with Gasteiger partial charge in [-0.25, -0.2) is 0 Å². The molecule has 0 radical (unpaired) electrons. The van der Waals surface area contributed by atoms with E-state index in [9.17, 15) is 4.79 Å². The van der Waals surface area contributed by atoms with E-state index in [0.717, 1.165) is 0 Å². The smallest absolute Gasteiger partial charge is 0.291 e. The minimum absolute atomic E-state index is 0.0231. The predicted molar refractivity (Wildman–Crippen MR) is 25.5 cm³/mol. The van der Waals surface area contributed by atoms with Crippen molar-refractivity contribution in [3.8, 4) is 0 Å². The average molecular weight is 117 g/mol. The lowest BCUT2D eigenvalue weighted by atomic mass is 10.7. The van der Waals surface area contributed by atoms with Gasteiger partial charge in [0.2, 0.25) is 13.2 Å². The van der Waals surface area contributed by atoms with Crippen LogP contribution in [0.2, 0.25) is 0 Å². The molecule has 0 aromatic carbocycles. The highest BCUT2D eigenvalue weighted by atomic mass is 32.1. The Hall–Kier alpha value is -0.510. The van der Waals surface area contributed by atoms with E-state index in [4.69, 9.17) is 0 Å². The summed E-state index contributed by atoms with van der Waals surface area (Å²) in [6.07, 6.45) is 0. The van der Waals surface area contributed by atoms with Gasteiger partial charge < -0.3 is 0 Å². The van der Waals surface area contributed by atoms with Gasteiger partial charge in [-0.1, -0.05) is 0 Å². The van der Waals surface area contributed by atoms with Crippen LogP contribution in [0.5, 0.6) is 0 Å². The lowest BCUT2D eigenvalue weighted by molar-refractivity contribution is -0.473. The first-order valence-electron chi connectivity index (χ1n) is 1.98. The van der Waals surface area contributed by atoms with Crippen LogP contribution in [0.4, 0.5) is 0 Å². The van der Waals surface area contributed by atoms with Gasteiger partial charge in [0.25, 0.3) is 18.3 Å². The van der Waals surface area contributed by atoms with Crippen LogP contribution in [0.25, 0.3) is 0 Å². The van der Waals surface area contributed by atoms with Gasteiger partial charge in [-0.15, -0.1) is 3.95 Å². The Bertz CT molecular complexity index is 108. The molecule has 0 atom stereocenters. The van der Waals surface area contributed by atoms with Crippen LogP contribution in [0, 0.1) is 0 Å². The third-order valence-corrected chi connectivity index (χ3v) is 1.03. The van der Waals surface area contributed by atoms with Gasteiger partial charge in [0.1, 0.15) is 0 Å². The largest absolute Gasteiger partial charge is 0.294 e. The van der Waals surface area contributed by atoms with Crippen molar-refractivity contribution in [1.29, 1.82) is 0 Å². The van der Waals surface area contributed by atoms with Crippen LogP contribution in [-0.2, 0) is 17.2 Å². The number of rotatable bonds is 0. The van der Waals surface area contributed by atoms with Crippen LogP contribution in [0.15, 0.2) is 0 Å². The van der Waals surface area contributed by atoms with Crippen LogP contribution in [0.3, 0.4) is 0 Å². The van der Waals surface area contributed by atoms with E-state index in [0.29, 0.717) is 13.2 Å². The third kappa shape index (κ3) is 0.928. The second kappa shape index (κ2) is 1.54. The molecule has 0 spiro atoms. The first-order valence-corrected chi connectivity index (χ1v) is 2.34. The Labute approximate surface area is 46.5 Å². The van der Waals surface area contributed by atoms with Crippen LogP contribution < -0.4 is 5.32 Å². The fourth-order valence-corrected chi connectivity index (χ4v) is 0.630. The van der Waals surface area contributed by atoms with Crippen molar-refractivity contribution in [1.82, 2.24) is 5.32 Å². The fourth-order valence-electron chi connectivity index (χ4n) is 0.448. The molecule has 7 heavy (non-hydrogen) atoms. The quantitative estimate of drug-likeness (QED) is 0.405. The molecule has 0 unspecified atom stereocenters.